The van der Waals surface area contributed by atoms with E-state index in [2.05, 4.69) is 23.6 Å². The lowest BCUT2D eigenvalue weighted by atomic mass is 10.0. The Morgan fingerprint density at radius 3 is 2.54 bits per heavy atom. The number of aliphatic hydroxyl groups is 1. The quantitative estimate of drug-likeness (QED) is 0.697. The molecule has 1 atom stereocenters. The van der Waals surface area contributed by atoms with Crippen LogP contribution < -0.4 is 0 Å². The zero-order chi connectivity index (χ0) is 9.31. The Bertz CT molecular complexity index is 174. The van der Waals surface area contributed by atoms with Crippen molar-refractivity contribution in [3.05, 3.63) is 0 Å². The van der Waals surface area contributed by atoms with E-state index in [1.54, 1.807) is 0 Å². The van der Waals surface area contributed by atoms with E-state index in [4.69, 9.17) is 0 Å². The molecule has 0 aromatic rings. The number of hydrogen-bond donors (Lipinski definition) is 1. The molecular formula is C10H19NOS. The molecule has 1 N–H and O–H groups in total. The molecule has 2 rings (SSSR count). The Balaban J connectivity index is 1.76. The van der Waals surface area contributed by atoms with Crippen molar-refractivity contribution in [1.82, 2.24) is 4.90 Å². The van der Waals surface area contributed by atoms with E-state index in [-0.39, 0.29) is 6.10 Å². The number of aliphatic hydroxyl groups excluding tert-OH is 1. The van der Waals surface area contributed by atoms with Gasteiger partial charge < -0.3 is 10.0 Å². The fourth-order valence-corrected chi connectivity index (χ4v) is 2.97. The van der Waals surface area contributed by atoms with Gasteiger partial charge in [-0.3, -0.25) is 0 Å². The molecule has 0 spiro atoms. The number of likely N-dealkylation sites (tertiary alicyclic amines) is 1. The third-order valence-corrected chi connectivity index (χ3v) is 4.79. The lowest BCUT2D eigenvalue weighted by Gasteiger charge is -2.31. The van der Waals surface area contributed by atoms with Crippen LogP contribution in [0.25, 0.3) is 0 Å². The second kappa shape index (κ2) is 3.79. The van der Waals surface area contributed by atoms with Crippen LogP contribution in [-0.4, -0.2) is 46.2 Å². The first-order valence-corrected chi connectivity index (χ1v) is 6.27. The molecule has 0 saturated carbocycles. The molecule has 2 aliphatic heterocycles. The molecule has 1 unspecified atom stereocenters. The molecule has 3 heteroatoms. The predicted molar refractivity (Wildman–Crippen MR) is 57.2 cm³/mol. The summed E-state index contributed by atoms with van der Waals surface area (Å²) in [5.74, 6) is 1.35. The van der Waals surface area contributed by atoms with Crippen LogP contribution >= 0.6 is 11.8 Å². The molecule has 2 saturated heterocycles. The van der Waals surface area contributed by atoms with Crippen molar-refractivity contribution in [2.45, 2.75) is 37.0 Å². The Morgan fingerprint density at radius 2 is 2.08 bits per heavy atom. The summed E-state index contributed by atoms with van der Waals surface area (Å²) in [6.07, 6.45) is 3.23. The van der Waals surface area contributed by atoms with Gasteiger partial charge in [-0.25, -0.2) is 0 Å². The molecule has 2 aliphatic rings. The number of nitrogens with zero attached hydrogens (tertiary/aromatic N) is 1. The molecule has 0 radical (unpaired) electrons. The average Bonchev–Trinajstić information content (AvgIpc) is 2.90. The van der Waals surface area contributed by atoms with Crippen molar-refractivity contribution in [2.75, 3.05) is 25.4 Å². The van der Waals surface area contributed by atoms with Gasteiger partial charge in [0.1, 0.15) is 0 Å². The molecule has 2 fully saturated rings. The summed E-state index contributed by atoms with van der Waals surface area (Å²) in [6.45, 7) is 5.74. The minimum absolute atomic E-state index is 0.0271. The van der Waals surface area contributed by atoms with Gasteiger partial charge in [0.25, 0.3) is 0 Å². The summed E-state index contributed by atoms with van der Waals surface area (Å²) in [5, 5.41) is 9.37. The minimum atomic E-state index is -0.0271. The largest absolute Gasteiger partial charge is 0.393 e. The molecule has 0 aliphatic carbocycles. The van der Waals surface area contributed by atoms with Crippen molar-refractivity contribution in [3.63, 3.8) is 0 Å². The van der Waals surface area contributed by atoms with E-state index in [1.165, 1.54) is 18.7 Å². The van der Waals surface area contributed by atoms with Crippen LogP contribution in [0.1, 0.15) is 26.2 Å². The Hall–Kier alpha value is 0.270. The van der Waals surface area contributed by atoms with Crippen molar-refractivity contribution in [1.29, 1.82) is 0 Å². The van der Waals surface area contributed by atoms with Crippen LogP contribution in [-0.2, 0) is 0 Å². The number of thioether (sulfide) groups is 1. The Kier molecular flexibility index (Phi) is 2.86. The smallest absolute Gasteiger partial charge is 0.0564 e. The van der Waals surface area contributed by atoms with E-state index in [0.717, 1.165) is 25.9 Å². The normalized spacial score (nSPS) is 36.5. The maximum atomic E-state index is 9.37. The topological polar surface area (TPSA) is 23.5 Å². The molecule has 0 aromatic carbocycles. The fourth-order valence-electron chi connectivity index (χ4n) is 1.99. The first-order valence-electron chi connectivity index (χ1n) is 5.28. The molecule has 76 valence electrons. The highest BCUT2D eigenvalue weighted by molar-refractivity contribution is 8.07. The second-order valence-corrected chi connectivity index (χ2v) is 5.78. The van der Waals surface area contributed by atoms with Crippen LogP contribution in [0.15, 0.2) is 0 Å². The summed E-state index contributed by atoms with van der Waals surface area (Å²) in [6, 6.07) is 0. The van der Waals surface area contributed by atoms with Crippen molar-refractivity contribution < 1.29 is 5.11 Å². The minimum Gasteiger partial charge on any atom is -0.393 e. The first-order chi connectivity index (χ1) is 6.24. The molecule has 0 aromatic heterocycles. The first kappa shape index (κ1) is 9.81. The van der Waals surface area contributed by atoms with Gasteiger partial charge in [-0.2, -0.15) is 11.8 Å². The monoisotopic (exact) mass is 201 g/mol. The molecular weight excluding hydrogens is 182 g/mol. The maximum Gasteiger partial charge on any atom is 0.0564 e. The van der Waals surface area contributed by atoms with Gasteiger partial charge in [0.05, 0.1) is 6.10 Å². The zero-order valence-electron chi connectivity index (χ0n) is 8.33. The van der Waals surface area contributed by atoms with E-state index in [1.807, 2.05) is 0 Å². The predicted octanol–water partition coefficient (Wildman–Crippen LogP) is 1.34. The summed E-state index contributed by atoms with van der Waals surface area (Å²) in [7, 11) is 0. The van der Waals surface area contributed by atoms with E-state index < -0.39 is 0 Å². The van der Waals surface area contributed by atoms with Gasteiger partial charge in [0, 0.05) is 30.1 Å². The molecule has 2 nitrogen and oxygen atoms in total. The Morgan fingerprint density at radius 1 is 1.46 bits per heavy atom. The maximum absolute atomic E-state index is 9.37. The van der Waals surface area contributed by atoms with Crippen LogP contribution in [0.2, 0.25) is 0 Å². The van der Waals surface area contributed by atoms with E-state index in [9.17, 15) is 5.11 Å². The van der Waals surface area contributed by atoms with Gasteiger partial charge in [0.2, 0.25) is 0 Å². The van der Waals surface area contributed by atoms with Crippen LogP contribution in [0.4, 0.5) is 0 Å². The van der Waals surface area contributed by atoms with E-state index in [0.29, 0.717) is 4.75 Å². The summed E-state index contributed by atoms with van der Waals surface area (Å²) >= 11 is 2.11. The van der Waals surface area contributed by atoms with Gasteiger partial charge >= 0.3 is 0 Å². The molecule has 2 heterocycles. The lowest BCUT2D eigenvalue weighted by molar-refractivity contribution is 0.0800. The van der Waals surface area contributed by atoms with Gasteiger partial charge in [-0.1, -0.05) is 6.92 Å². The Labute approximate surface area is 84.7 Å². The van der Waals surface area contributed by atoms with Crippen molar-refractivity contribution >= 4 is 11.8 Å². The van der Waals surface area contributed by atoms with Crippen molar-refractivity contribution in [3.8, 4) is 0 Å². The van der Waals surface area contributed by atoms with Gasteiger partial charge in [-0.05, 0) is 19.3 Å². The zero-order valence-corrected chi connectivity index (χ0v) is 9.15. The van der Waals surface area contributed by atoms with Crippen LogP contribution in [0.3, 0.4) is 0 Å². The van der Waals surface area contributed by atoms with Gasteiger partial charge in [0.15, 0.2) is 0 Å². The molecule has 0 amide bonds. The summed E-state index contributed by atoms with van der Waals surface area (Å²) in [4.78, 5) is 2.52. The molecule has 0 bridgehead atoms. The fraction of sp³-hybridized carbons (Fsp3) is 1.00. The number of hydrogen-bond acceptors (Lipinski definition) is 3. The molecule has 13 heavy (non-hydrogen) atoms. The third kappa shape index (κ3) is 2.39. The number of piperidine rings is 1. The van der Waals surface area contributed by atoms with Crippen LogP contribution in [0.5, 0.6) is 0 Å². The van der Waals surface area contributed by atoms with Crippen molar-refractivity contribution in [2.24, 2.45) is 0 Å². The van der Waals surface area contributed by atoms with Gasteiger partial charge in [-0.15, -0.1) is 0 Å². The van der Waals surface area contributed by atoms with Crippen LogP contribution in [0, 0.1) is 0 Å². The SMILES string of the molecule is CCC1(CN2CCC(O)CC2)CS1. The highest BCUT2D eigenvalue weighted by Gasteiger charge is 2.43. The third-order valence-electron chi connectivity index (χ3n) is 3.27. The standard InChI is InChI=1S/C10H19NOS/c1-2-10(8-13-10)7-11-5-3-9(12)4-6-11/h9,12H,2-8H2,1H3. The summed E-state index contributed by atoms with van der Waals surface area (Å²) in [5.41, 5.74) is 0. The summed E-state index contributed by atoms with van der Waals surface area (Å²) < 4.78 is 0.599. The highest BCUT2D eigenvalue weighted by Crippen LogP contribution is 2.48. The average molecular weight is 201 g/mol. The lowest BCUT2D eigenvalue weighted by Crippen LogP contribution is -2.41. The van der Waals surface area contributed by atoms with E-state index >= 15 is 0 Å². The number of rotatable bonds is 3. The second-order valence-electron chi connectivity index (χ2n) is 4.33. The highest BCUT2D eigenvalue weighted by atomic mass is 32.2.